The lowest BCUT2D eigenvalue weighted by Gasteiger charge is -2.20. The van der Waals surface area contributed by atoms with Crippen LogP contribution in [0.15, 0.2) is 91.0 Å². The fourth-order valence-corrected chi connectivity index (χ4v) is 7.57. The van der Waals surface area contributed by atoms with E-state index in [-0.39, 0.29) is 11.0 Å². The van der Waals surface area contributed by atoms with Crippen LogP contribution in [0, 0.1) is 0 Å². The molecule has 1 atom stereocenters. The fraction of sp³-hybridized carbons (Fsp3) is 0.154. The van der Waals surface area contributed by atoms with Gasteiger partial charge < -0.3 is 10.3 Å². The number of carbonyl (C=O) groups excluding carboxylic acids is 2. The number of hydrogen-bond donors (Lipinski definition) is 2. The number of hydrogen-bond acceptors (Lipinski definition) is 3. The molecule has 0 bridgehead atoms. The molecule has 0 saturated heterocycles. The van der Waals surface area contributed by atoms with Gasteiger partial charge in [0.15, 0.2) is 0 Å². The first kappa shape index (κ1) is 22.3. The number of fused-ring (bicyclic) bond motifs is 1. The maximum Gasteiger partial charge on any atom is 0.217 e. The summed E-state index contributed by atoms with van der Waals surface area (Å²) in [4.78, 5) is 28.4. The number of benzene rings is 3. The summed E-state index contributed by atoms with van der Waals surface area (Å²) in [5.41, 5.74) is 2.64. The minimum absolute atomic E-state index is 0.0155. The van der Waals surface area contributed by atoms with Gasteiger partial charge in [0.05, 0.1) is 0 Å². The van der Waals surface area contributed by atoms with Gasteiger partial charge in [-0.15, -0.1) is 0 Å². The maximum atomic E-state index is 13.2. The van der Waals surface area contributed by atoms with E-state index in [1.54, 1.807) is 0 Å². The molecule has 1 heterocycles. The number of carbonyl (C=O) groups is 2. The summed E-state index contributed by atoms with van der Waals surface area (Å²) in [5, 5.41) is 6.41. The summed E-state index contributed by atoms with van der Waals surface area (Å²) in [6.07, 6.45) is 0.439. The monoisotopic (exact) mass is 460 g/mol. The van der Waals surface area contributed by atoms with Gasteiger partial charge in [-0.1, -0.05) is 90.6 Å². The number of para-hydroxylation sites is 1. The maximum absolute atomic E-state index is 13.2. The molecule has 1 unspecified atom stereocenters. The second-order valence-electron chi connectivity index (χ2n) is 7.53. The number of aromatic amines is 1. The first-order chi connectivity index (χ1) is 15.6. The summed E-state index contributed by atoms with van der Waals surface area (Å²) < 4.78 is 0. The molecule has 1 amide bonds. The highest BCUT2D eigenvalue weighted by atomic mass is 32.2. The molecule has 1 aromatic heterocycles. The molecule has 0 aliphatic carbocycles. The quantitative estimate of drug-likeness (QED) is 0.379. The third-order valence-electron chi connectivity index (χ3n) is 5.14. The van der Waals surface area contributed by atoms with Gasteiger partial charge in [0.25, 0.3) is 0 Å². The van der Waals surface area contributed by atoms with E-state index in [2.05, 4.69) is 34.6 Å². The van der Waals surface area contributed by atoms with Crippen LogP contribution in [-0.2, 0) is 16.0 Å². The number of amides is 1. The van der Waals surface area contributed by atoms with Crippen molar-refractivity contribution in [2.24, 2.45) is 0 Å². The van der Waals surface area contributed by atoms with Crippen molar-refractivity contribution in [3.05, 3.63) is 96.7 Å². The SMILES string of the molecule is CC(=O)NC(Cc1cc2ccccc2[nH]1)C(=O)SCP(c1ccccc1)c1ccccc1. The Labute approximate surface area is 193 Å². The average Bonchev–Trinajstić information content (AvgIpc) is 3.22. The Balaban J connectivity index is 1.50. The Kier molecular flexibility index (Phi) is 7.41. The first-order valence-electron chi connectivity index (χ1n) is 10.5. The van der Waals surface area contributed by atoms with Gasteiger partial charge >= 0.3 is 0 Å². The molecule has 0 aliphatic heterocycles. The lowest BCUT2D eigenvalue weighted by molar-refractivity contribution is -0.123. The van der Waals surface area contributed by atoms with Crippen LogP contribution in [-0.4, -0.2) is 27.5 Å². The van der Waals surface area contributed by atoms with E-state index in [1.165, 1.54) is 29.3 Å². The van der Waals surface area contributed by atoms with E-state index in [9.17, 15) is 9.59 Å². The molecule has 0 aliphatic rings. The van der Waals surface area contributed by atoms with Crippen LogP contribution in [0.3, 0.4) is 0 Å². The molecule has 3 aromatic carbocycles. The van der Waals surface area contributed by atoms with Gasteiger partial charge in [-0.2, -0.15) is 0 Å². The summed E-state index contributed by atoms with van der Waals surface area (Å²) in [7, 11) is -0.682. The predicted octanol–water partition coefficient (Wildman–Crippen LogP) is 4.57. The Morgan fingerprint density at radius 2 is 1.50 bits per heavy atom. The van der Waals surface area contributed by atoms with Crippen molar-refractivity contribution in [2.45, 2.75) is 19.4 Å². The van der Waals surface area contributed by atoms with E-state index in [0.29, 0.717) is 11.9 Å². The van der Waals surface area contributed by atoms with Crippen molar-refractivity contribution >= 4 is 52.2 Å². The van der Waals surface area contributed by atoms with E-state index < -0.39 is 14.0 Å². The van der Waals surface area contributed by atoms with E-state index >= 15 is 0 Å². The second-order valence-corrected chi connectivity index (χ2v) is 11.1. The van der Waals surface area contributed by atoms with Gasteiger partial charge in [0.1, 0.15) is 6.04 Å². The zero-order valence-corrected chi connectivity index (χ0v) is 19.5. The van der Waals surface area contributed by atoms with E-state index in [1.807, 2.05) is 66.7 Å². The van der Waals surface area contributed by atoms with Crippen LogP contribution in [0.2, 0.25) is 0 Å². The second kappa shape index (κ2) is 10.6. The normalized spacial score (nSPS) is 12.1. The predicted molar refractivity (Wildman–Crippen MR) is 136 cm³/mol. The van der Waals surface area contributed by atoms with Crippen LogP contribution in [0.5, 0.6) is 0 Å². The number of rotatable bonds is 8. The molecular formula is C26H25N2O2PS. The third kappa shape index (κ3) is 5.67. The molecule has 6 heteroatoms. The molecule has 2 N–H and O–H groups in total. The largest absolute Gasteiger partial charge is 0.358 e. The Morgan fingerprint density at radius 1 is 0.906 bits per heavy atom. The topological polar surface area (TPSA) is 62.0 Å². The molecule has 32 heavy (non-hydrogen) atoms. The van der Waals surface area contributed by atoms with Crippen molar-refractivity contribution < 1.29 is 9.59 Å². The van der Waals surface area contributed by atoms with Crippen LogP contribution < -0.4 is 15.9 Å². The summed E-state index contributed by atoms with van der Waals surface area (Å²) in [6.45, 7) is 1.46. The van der Waals surface area contributed by atoms with Crippen LogP contribution in [0.4, 0.5) is 0 Å². The van der Waals surface area contributed by atoms with Crippen molar-refractivity contribution in [2.75, 3.05) is 5.49 Å². The fourth-order valence-electron chi connectivity index (χ4n) is 3.64. The highest BCUT2D eigenvalue weighted by Gasteiger charge is 2.24. The Morgan fingerprint density at radius 3 is 2.09 bits per heavy atom. The minimum Gasteiger partial charge on any atom is -0.358 e. The van der Waals surface area contributed by atoms with Crippen LogP contribution in [0.1, 0.15) is 12.6 Å². The zero-order chi connectivity index (χ0) is 22.3. The van der Waals surface area contributed by atoms with Gasteiger partial charge in [0, 0.05) is 30.0 Å². The van der Waals surface area contributed by atoms with E-state index in [4.69, 9.17) is 0 Å². The number of H-pyrrole nitrogens is 1. The number of aromatic nitrogens is 1. The Hall–Kier alpha value is -2.88. The average molecular weight is 461 g/mol. The van der Waals surface area contributed by atoms with Crippen LogP contribution in [0.25, 0.3) is 10.9 Å². The highest BCUT2D eigenvalue weighted by molar-refractivity contribution is 8.18. The van der Waals surface area contributed by atoms with Gasteiger partial charge in [0.2, 0.25) is 11.0 Å². The van der Waals surface area contributed by atoms with Gasteiger partial charge in [-0.3, -0.25) is 9.59 Å². The molecule has 4 aromatic rings. The number of thioether (sulfide) groups is 1. The third-order valence-corrected chi connectivity index (χ3v) is 9.10. The molecule has 0 radical (unpaired) electrons. The van der Waals surface area contributed by atoms with Crippen LogP contribution >= 0.6 is 19.7 Å². The van der Waals surface area contributed by atoms with Gasteiger partial charge in [-0.05, 0) is 36.0 Å². The van der Waals surface area contributed by atoms with E-state index in [0.717, 1.165) is 16.6 Å². The van der Waals surface area contributed by atoms with Crippen molar-refractivity contribution in [1.29, 1.82) is 0 Å². The van der Waals surface area contributed by atoms with Crippen molar-refractivity contribution in [3.8, 4) is 0 Å². The standard InChI is InChI=1S/C26H25N2O2PS/c1-19(29)27-25(17-21-16-20-10-8-9-15-24(20)28-21)26(30)32-18-31(22-11-4-2-5-12-22)23-13-6-3-7-14-23/h2-16,25,28H,17-18H2,1H3,(H,27,29). The molecule has 0 fully saturated rings. The molecule has 0 saturated carbocycles. The molecule has 4 rings (SSSR count). The lowest BCUT2D eigenvalue weighted by atomic mass is 10.1. The Bertz CT molecular complexity index is 1120. The van der Waals surface area contributed by atoms with Crippen molar-refractivity contribution in [1.82, 2.24) is 10.3 Å². The molecular weight excluding hydrogens is 435 g/mol. The smallest absolute Gasteiger partial charge is 0.217 e. The summed E-state index contributed by atoms with van der Waals surface area (Å²) in [5.74, 6) is -0.201. The summed E-state index contributed by atoms with van der Waals surface area (Å²) in [6, 6.07) is 30.1. The number of nitrogens with one attached hydrogen (secondary N) is 2. The summed E-state index contributed by atoms with van der Waals surface area (Å²) >= 11 is 1.31. The minimum atomic E-state index is -0.682. The molecule has 0 spiro atoms. The molecule has 162 valence electrons. The van der Waals surface area contributed by atoms with Gasteiger partial charge in [-0.25, -0.2) is 0 Å². The lowest BCUT2D eigenvalue weighted by Crippen LogP contribution is -2.40. The first-order valence-corrected chi connectivity index (χ1v) is 13.0. The molecule has 4 nitrogen and oxygen atoms in total. The van der Waals surface area contributed by atoms with Crippen molar-refractivity contribution in [3.63, 3.8) is 0 Å². The highest BCUT2D eigenvalue weighted by Crippen LogP contribution is 2.38. The zero-order valence-electron chi connectivity index (χ0n) is 17.8.